The molecule has 0 atom stereocenters. The number of nitrogens with zero attached hydrogens (tertiary/aromatic N) is 2. The minimum absolute atomic E-state index is 0.0935. The van der Waals surface area contributed by atoms with Gasteiger partial charge in [0.1, 0.15) is 5.82 Å². The van der Waals surface area contributed by atoms with Crippen LogP contribution in [-0.4, -0.2) is 43.1 Å². The molecule has 0 spiro atoms. The summed E-state index contributed by atoms with van der Waals surface area (Å²) in [7, 11) is 3.97. The molecule has 0 radical (unpaired) electrons. The first-order valence-electron chi connectivity index (χ1n) is 5.65. The fourth-order valence-corrected chi connectivity index (χ4v) is 1.49. The lowest BCUT2D eigenvalue weighted by molar-refractivity contribution is 0.318. The van der Waals surface area contributed by atoms with Gasteiger partial charge in [-0.1, -0.05) is 5.16 Å². The van der Waals surface area contributed by atoms with Crippen LogP contribution in [0.2, 0.25) is 0 Å². The van der Waals surface area contributed by atoms with E-state index in [-0.39, 0.29) is 5.84 Å². The van der Waals surface area contributed by atoms with Gasteiger partial charge < -0.3 is 21.2 Å². The lowest BCUT2D eigenvalue weighted by Crippen LogP contribution is -2.26. The highest BCUT2D eigenvalue weighted by molar-refractivity contribution is 5.97. The van der Waals surface area contributed by atoms with Crippen LogP contribution in [0, 0.1) is 5.82 Å². The Morgan fingerprint density at radius 3 is 2.78 bits per heavy atom. The fourth-order valence-electron chi connectivity index (χ4n) is 1.49. The summed E-state index contributed by atoms with van der Waals surface area (Å²) in [6, 6.07) is 4.36. The van der Waals surface area contributed by atoms with Crippen molar-refractivity contribution in [2.24, 2.45) is 10.9 Å². The summed E-state index contributed by atoms with van der Waals surface area (Å²) in [6.45, 7) is 2.25. The van der Waals surface area contributed by atoms with Crippen LogP contribution in [0.25, 0.3) is 0 Å². The van der Waals surface area contributed by atoms with E-state index in [4.69, 9.17) is 10.9 Å². The molecule has 0 saturated carbocycles. The molecule has 0 unspecified atom stereocenters. The van der Waals surface area contributed by atoms with Crippen molar-refractivity contribution in [3.63, 3.8) is 0 Å². The number of nitrogens with one attached hydrogen (secondary N) is 1. The average Bonchev–Trinajstić information content (AvgIpc) is 2.32. The summed E-state index contributed by atoms with van der Waals surface area (Å²) in [6.07, 6.45) is 0. The zero-order valence-electron chi connectivity index (χ0n) is 10.7. The standard InChI is InChI=1S/C12H19FN4O/c1-17(2)4-3-15-8-9-5-10(12(14)16-18)7-11(13)6-9/h5-7,15,18H,3-4,8H2,1-2H3,(H2,14,16). The minimum atomic E-state index is -0.400. The molecule has 0 amide bonds. The molecule has 0 aliphatic rings. The molecule has 0 aliphatic carbocycles. The highest BCUT2D eigenvalue weighted by atomic mass is 19.1. The maximum Gasteiger partial charge on any atom is 0.170 e. The largest absolute Gasteiger partial charge is 0.409 e. The predicted molar refractivity (Wildman–Crippen MR) is 69.2 cm³/mol. The molecule has 0 aliphatic heterocycles. The van der Waals surface area contributed by atoms with E-state index in [0.29, 0.717) is 12.1 Å². The number of amidine groups is 1. The SMILES string of the molecule is CN(C)CCNCc1cc(F)cc(/C(N)=N/O)c1. The van der Waals surface area contributed by atoms with E-state index in [1.54, 1.807) is 6.07 Å². The van der Waals surface area contributed by atoms with Crippen LogP contribution >= 0.6 is 0 Å². The Hall–Kier alpha value is -1.66. The van der Waals surface area contributed by atoms with E-state index in [9.17, 15) is 4.39 Å². The summed E-state index contributed by atoms with van der Waals surface area (Å²) in [5.74, 6) is -0.493. The number of likely N-dealkylation sites (N-methyl/N-ethyl adjacent to an activating group) is 1. The van der Waals surface area contributed by atoms with Gasteiger partial charge in [0.05, 0.1) is 0 Å². The molecular formula is C12H19FN4O. The van der Waals surface area contributed by atoms with Gasteiger partial charge in [0.25, 0.3) is 0 Å². The monoisotopic (exact) mass is 254 g/mol. The van der Waals surface area contributed by atoms with Gasteiger partial charge in [-0.3, -0.25) is 0 Å². The predicted octanol–water partition coefficient (Wildman–Crippen LogP) is 0.571. The van der Waals surface area contributed by atoms with Crippen molar-refractivity contribution in [2.75, 3.05) is 27.2 Å². The first-order chi connectivity index (χ1) is 8.52. The molecule has 4 N–H and O–H groups in total. The number of hydrogen-bond acceptors (Lipinski definition) is 4. The van der Waals surface area contributed by atoms with Crippen molar-refractivity contribution < 1.29 is 9.60 Å². The lowest BCUT2D eigenvalue weighted by Gasteiger charge is -2.11. The van der Waals surface area contributed by atoms with Gasteiger partial charge in [0.15, 0.2) is 5.84 Å². The third-order valence-electron chi connectivity index (χ3n) is 2.43. The third-order valence-corrected chi connectivity index (χ3v) is 2.43. The van der Waals surface area contributed by atoms with E-state index >= 15 is 0 Å². The van der Waals surface area contributed by atoms with Crippen molar-refractivity contribution in [1.82, 2.24) is 10.2 Å². The van der Waals surface area contributed by atoms with Crippen molar-refractivity contribution in [3.8, 4) is 0 Å². The van der Waals surface area contributed by atoms with Crippen LogP contribution in [0.15, 0.2) is 23.4 Å². The topological polar surface area (TPSA) is 73.9 Å². The highest BCUT2D eigenvalue weighted by Gasteiger charge is 2.04. The zero-order valence-corrected chi connectivity index (χ0v) is 10.7. The summed E-state index contributed by atoms with van der Waals surface area (Å²) < 4.78 is 13.3. The number of rotatable bonds is 6. The Labute approximate surface area is 106 Å². The minimum Gasteiger partial charge on any atom is -0.409 e. The molecule has 0 aromatic heterocycles. The van der Waals surface area contributed by atoms with Gasteiger partial charge in [0, 0.05) is 25.2 Å². The van der Waals surface area contributed by atoms with Gasteiger partial charge in [-0.05, 0) is 37.9 Å². The number of benzene rings is 1. The molecule has 0 fully saturated rings. The Morgan fingerprint density at radius 2 is 2.17 bits per heavy atom. The molecule has 1 aromatic carbocycles. The maximum absolute atomic E-state index is 13.3. The van der Waals surface area contributed by atoms with Crippen molar-refractivity contribution in [3.05, 3.63) is 35.1 Å². The Morgan fingerprint density at radius 1 is 1.44 bits per heavy atom. The number of halogens is 1. The van der Waals surface area contributed by atoms with E-state index < -0.39 is 5.82 Å². The number of nitrogens with two attached hydrogens (primary N) is 1. The Kier molecular flexibility index (Phi) is 5.54. The third kappa shape index (κ3) is 4.68. The second kappa shape index (κ2) is 6.93. The molecule has 5 nitrogen and oxygen atoms in total. The van der Waals surface area contributed by atoms with Gasteiger partial charge in [-0.25, -0.2) is 4.39 Å². The van der Waals surface area contributed by atoms with Gasteiger partial charge in [-0.2, -0.15) is 0 Å². The van der Waals surface area contributed by atoms with Crippen LogP contribution in [0.4, 0.5) is 4.39 Å². The lowest BCUT2D eigenvalue weighted by atomic mass is 10.1. The van der Waals surface area contributed by atoms with Gasteiger partial charge in [0.2, 0.25) is 0 Å². The summed E-state index contributed by atoms with van der Waals surface area (Å²) >= 11 is 0. The van der Waals surface area contributed by atoms with Crippen LogP contribution in [-0.2, 0) is 6.54 Å². The molecule has 100 valence electrons. The Bertz CT molecular complexity index is 421. The second-order valence-electron chi connectivity index (χ2n) is 4.31. The van der Waals surface area contributed by atoms with Gasteiger partial charge in [-0.15, -0.1) is 0 Å². The fraction of sp³-hybridized carbons (Fsp3) is 0.417. The van der Waals surface area contributed by atoms with E-state index in [1.807, 2.05) is 14.1 Å². The van der Waals surface area contributed by atoms with Crippen molar-refractivity contribution in [2.45, 2.75) is 6.54 Å². The number of hydrogen-bond donors (Lipinski definition) is 3. The van der Waals surface area contributed by atoms with Gasteiger partial charge >= 0.3 is 0 Å². The zero-order chi connectivity index (χ0) is 13.5. The van der Waals surface area contributed by atoms with Crippen molar-refractivity contribution in [1.29, 1.82) is 0 Å². The van der Waals surface area contributed by atoms with Crippen molar-refractivity contribution >= 4 is 5.84 Å². The second-order valence-corrected chi connectivity index (χ2v) is 4.31. The molecule has 0 saturated heterocycles. The Balaban J connectivity index is 2.63. The van der Waals surface area contributed by atoms with Crippen LogP contribution < -0.4 is 11.1 Å². The smallest absolute Gasteiger partial charge is 0.170 e. The maximum atomic E-state index is 13.3. The molecule has 1 aromatic rings. The highest BCUT2D eigenvalue weighted by Crippen LogP contribution is 2.09. The average molecular weight is 254 g/mol. The summed E-state index contributed by atoms with van der Waals surface area (Å²) in [5.41, 5.74) is 6.57. The van der Waals surface area contributed by atoms with Crippen LogP contribution in [0.1, 0.15) is 11.1 Å². The first-order valence-corrected chi connectivity index (χ1v) is 5.65. The number of oxime groups is 1. The van der Waals surface area contributed by atoms with E-state index in [0.717, 1.165) is 18.7 Å². The van der Waals surface area contributed by atoms with Crippen LogP contribution in [0.5, 0.6) is 0 Å². The van der Waals surface area contributed by atoms with E-state index in [2.05, 4.69) is 15.4 Å². The molecule has 0 heterocycles. The summed E-state index contributed by atoms with van der Waals surface area (Å²) in [4.78, 5) is 2.06. The molecule has 18 heavy (non-hydrogen) atoms. The van der Waals surface area contributed by atoms with E-state index in [1.165, 1.54) is 12.1 Å². The first kappa shape index (κ1) is 14.4. The summed E-state index contributed by atoms with van der Waals surface area (Å²) in [5, 5.41) is 14.6. The normalized spacial score (nSPS) is 12.1. The quantitative estimate of drug-likeness (QED) is 0.228. The van der Waals surface area contributed by atoms with Crippen LogP contribution in [0.3, 0.4) is 0 Å². The molecular weight excluding hydrogens is 235 g/mol. The molecule has 1 rings (SSSR count). The molecule has 0 bridgehead atoms. The molecule has 6 heteroatoms.